The number of carbonyl (C=O) groups excluding carboxylic acids is 1. The highest BCUT2D eigenvalue weighted by atomic mass is 35.5. The van der Waals surface area contributed by atoms with E-state index in [1.807, 2.05) is 0 Å². The molecule has 112 valence electrons. The normalized spacial score (nSPS) is 21.8. The molecule has 1 aliphatic carbocycles. The largest absolute Gasteiger partial charge is 0.383 e. The standard InChI is InChI=1S/C13H16F2N2O2.ClH/c1-19-6-10(16)13(18)17-11-5-7(11)12-8(14)3-2-4-9(12)15;/h2-4,7,10-11H,5-6,16H2,1H3,(H,17,18);1H. The predicted molar refractivity (Wildman–Crippen MR) is 72.7 cm³/mol. The first-order valence-corrected chi connectivity index (χ1v) is 6.03. The Hall–Kier alpha value is -1.24. The molecule has 0 heterocycles. The van der Waals surface area contributed by atoms with Crippen molar-refractivity contribution < 1.29 is 18.3 Å². The lowest BCUT2D eigenvalue weighted by Gasteiger charge is -2.11. The Morgan fingerprint density at radius 3 is 2.65 bits per heavy atom. The molecule has 1 amide bonds. The molecule has 3 unspecified atom stereocenters. The number of hydrogen-bond donors (Lipinski definition) is 2. The second-order valence-electron chi connectivity index (χ2n) is 4.65. The van der Waals surface area contributed by atoms with Gasteiger partial charge in [-0.15, -0.1) is 12.4 Å². The van der Waals surface area contributed by atoms with E-state index in [0.29, 0.717) is 6.42 Å². The lowest BCUT2D eigenvalue weighted by atomic mass is 10.1. The summed E-state index contributed by atoms with van der Waals surface area (Å²) in [6.07, 6.45) is 0.517. The van der Waals surface area contributed by atoms with Crippen LogP contribution < -0.4 is 11.1 Å². The first-order chi connectivity index (χ1) is 9.04. The molecule has 3 atom stereocenters. The van der Waals surface area contributed by atoms with E-state index in [0.717, 1.165) is 0 Å². The third-order valence-electron chi connectivity index (χ3n) is 3.17. The molecule has 0 radical (unpaired) electrons. The minimum atomic E-state index is -0.767. The van der Waals surface area contributed by atoms with Crippen LogP contribution in [-0.4, -0.2) is 31.7 Å². The van der Waals surface area contributed by atoms with Gasteiger partial charge >= 0.3 is 0 Å². The van der Waals surface area contributed by atoms with E-state index in [1.165, 1.54) is 25.3 Å². The number of ether oxygens (including phenoxy) is 1. The topological polar surface area (TPSA) is 64.3 Å². The molecule has 0 aliphatic heterocycles. The van der Waals surface area contributed by atoms with E-state index in [4.69, 9.17) is 10.5 Å². The fourth-order valence-electron chi connectivity index (χ4n) is 2.08. The van der Waals surface area contributed by atoms with Crippen LogP contribution in [0.15, 0.2) is 18.2 Å². The van der Waals surface area contributed by atoms with Crippen LogP contribution in [0, 0.1) is 11.6 Å². The lowest BCUT2D eigenvalue weighted by Crippen LogP contribution is -2.44. The van der Waals surface area contributed by atoms with Crippen LogP contribution in [0.4, 0.5) is 8.78 Å². The third kappa shape index (κ3) is 3.65. The molecule has 1 saturated carbocycles. The van der Waals surface area contributed by atoms with Crippen molar-refractivity contribution in [3.8, 4) is 0 Å². The van der Waals surface area contributed by atoms with Gasteiger partial charge in [0.05, 0.1) is 6.61 Å². The van der Waals surface area contributed by atoms with Crippen molar-refractivity contribution in [1.82, 2.24) is 5.32 Å². The number of nitrogens with one attached hydrogen (secondary N) is 1. The van der Waals surface area contributed by atoms with Crippen molar-refractivity contribution in [1.29, 1.82) is 0 Å². The monoisotopic (exact) mass is 306 g/mol. The quantitative estimate of drug-likeness (QED) is 0.862. The fourth-order valence-corrected chi connectivity index (χ4v) is 2.08. The maximum atomic E-state index is 13.5. The molecule has 4 nitrogen and oxygen atoms in total. The predicted octanol–water partition coefficient (Wildman–Crippen LogP) is 1.33. The third-order valence-corrected chi connectivity index (χ3v) is 3.17. The Morgan fingerprint density at radius 1 is 1.50 bits per heavy atom. The highest BCUT2D eigenvalue weighted by molar-refractivity contribution is 5.85. The van der Waals surface area contributed by atoms with E-state index in [-0.39, 0.29) is 42.4 Å². The number of halogens is 3. The average Bonchev–Trinajstić information content (AvgIpc) is 3.08. The maximum absolute atomic E-state index is 13.5. The first-order valence-electron chi connectivity index (χ1n) is 6.03. The van der Waals surface area contributed by atoms with Crippen LogP contribution in [0.1, 0.15) is 17.9 Å². The smallest absolute Gasteiger partial charge is 0.239 e. The molecular weight excluding hydrogens is 290 g/mol. The Balaban J connectivity index is 0.00000200. The van der Waals surface area contributed by atoms with Crippen molar-refractivity contribution in [2.24, 2.45) is 5.73 Å². The SMILES string of the molecule is COCC(N)C(=O)NC1CC1c1c(F)cccc1F.Cl. The Morgan fingerprint density at radius 2 is 2.10 bits per heavy atom. The van der Waals surface area contributed by atoms with Gasteiger partial charge in [0, 0.05) is 24.6 Å². The van der Waals surface area contributed by atoms with Crippen molar-refractivity contribution >= 4 is 18.3 Å². The summed E-state index contributed by atoms with van der Waals surface area (Å²) in [4.78, 5) is 11.6. The van der Waals surface area contributed by atoms with E-state index < -0.39 is 17.7 Å². The number of rotatable bonds is 5. The summed E-state index contributed by atoms with van der Waals surface area (Å²) in [5, 5.41) is 2.66. The van der Waals surface area contributed by atoms with E-state index in [1.54, 1.807) is 0 Å². The van der Waals surface area contributed by atoms with Crippen molar-refractivity contribution in [2.45, 2.75) is 24.4 Å². The summed E-state index contributed by atoms with van der Waals surface area (Å²) >= 11 is 0. The number of amides is 1. The van der Waals surface area contributed by atoms with E-state index in [9.17, 15) is 13.6 Å². The van der Waals surface area contributed by atoms with Gasteiger partial charge in [0.25, 0.3) is 0 Å². The van der Waals surface area contributed by atoms with Crippen LogP contribution in [0.3, 0.4) is 0 Å². The zero-order valence-electron chi connectivity index (χ0n) is 10.9. The first kappa shape index (κ1) is 16.8. The Bertz CT molecular complexity index is 467. The van der Waals surface area contributed by atoms with Crippen LogP contribution in [0.2, 0.25) is 0 Å². The number of benzene rings is 1. The van der Waals surface area contributed by atoms with Gasteiger partial charge in [0.15, 0.2) is 0 Å². The number of methoxy groups -OCH3 is 1. The van der Waals surface area contributed by atoms with Crippen molar-refractivity contribution in [3.05, 3.63) is 35.4 Å². The van der Waals surface area contributed by atoms with E-state index in [2.05, 4.69) is 5.32 Å². The summed E-state index contributed by atoms with van der Waals surface area (Å²) in [6.45, 7) is 0.108. The second-order valence-corrected chi connectivity index (χ2v) is 4.65. The van der Waals surface area contributed by atoms with Crippen LogP contribution >= 0.6 is 12.4 Å². The number of nitrogens with two attached hydrogens (primary N) is 1. The van der Waals surface area contributed by atoms with Gasteiger partial charge in [-0.3, -0.25) is 4.79 Å². The molecule has 0 spiro atoms. The molecule has 20 heavy (non-hydrogen) atoms. The van der Waals surface area contributed by atoms with Gasteiger partial charge in [-0.05, 0) is 18.6 Å². The van der Waals surface area contributed by atoms with E-state index >= 15 is 0 Å². The summed E-state index contributed by atoms with van der Waals surface area (Å²) < 4.78 is 31.8. The molecule has 1 aromatic rings. The Labute approximate surface area is 122 Å². The van der Waals surface area contributed by atoms with Gasteiger partial charge in [-0.1, -0.05) is 6.07 Å². The molecule has 1 aromatic carbocycles. The van der Waals surface area contributed by atoms with Gasteiger partial charge < -0.3 is 15.8 Å². The molecule has 7 heteroatoms. The summed E-state index contributed by atoms with van der Waals surface area (Å²) in [5.74, 6) is -1.85. The molecular formula is C13H17ClF2N2O2. The fraction of sp³-hybridized carbons (Fsp3) is 0.462. The van der Waals surface area contributed by atoms with Gasteiger partial charge in [-0.25, -0.2) is 8.78 Å². The molecule has 0 saturated heterocycles. The minimum Gasteiger partial charge on any atom is -0.383 e. The van der Waals surface area contributed by atoms with Gasteiger partial charge in [0.2, 0.25) is 5.91 Å². The summed E-state index contributed by atoms with van der Waals surface area (Å²) in [7, 11) is 1.45. The zero-order chi connectivity index (χ0) is 14.0. The highest BCUT2D eigenvalue weighted by Crippen LogP contribution is 2.43. The van der Waals surface area contributed by atoms with Crippen LogP contribution in [0.5, 0.6) is 0 Å². The highest BCUT2D eigenvalue weighted by Gasteiger charge is 2.43. The number of hydrogen-bond acceptors (Lipinski definition) is 3. The van der Waals surface area contributed by atoms with Crippen molar-refractivity contribution in [3.63, 3.8) is 0 Å². The van der Waals surface area contributed by atoms with Crippen molar-refractivity contribution in [2.75, 3.05) is 13.7 Å². The second kappa shape index (κ2) is 6.97. The molecule has 1 fully saturated rings. The lowest BCUT2D eigenvalue weighted by molar-refractivity contribution is -0.123. The van der Waals surface area contributed by atoms with Crippen LogP contribution in [-0.2, 0) is 9.53 Å². The summed E-state index contributed by atoms with van der Waals surface area (Å²) in [5.41, 5.74) is 5.60. The molecule has 2 rings (SSSR count). The number of carbonyl (C=O) groups is 1. The molecule has 1 aliphatic rings. The van der Waals surface area contributed by atoms with Crippen LogP contribution in [0.25, 0.3) is 0 Å². The molecule has 3 N–H and O–H groups in total. The molecule has 0 bridgehead atoms. The van der Waals surface area contributed by atoms with Gasteiger partial charge in [-0.2, -0.15) is 0 Å². The summed E-state index contributed by atoms with van der Waals surface area (Å²) in [6, 6.07) is 2.72. The maximum Gasteiger partial charge on any atom is 0.239 e. The Kier molecular flexibility index (Phi) is 5.86. The zero-order valence-corrected chi connectivity index (χ0v) is 11.8. The van der Waals surface area contributed by atoms with Gasteiger partial charge in [0.1, 0.15) is 17.7 Å². The molecule has 0 aromatic heterocycles. The average molecular weight is 307 g/mol. The minimum absolute atomic E-state index is 0.